The van der Waals surface area contributed by atoms with E-state index >= 15 is 0 Å². The number of nitrogens with zero attached hydrogens (tertiary/aromatic N) is 3. The largest absolute Gasteiger partial charge is 0.354 e. The minimum atomic E-state index is 0.925. The zero-order valence-corrected chi connectivity index (χ0v) is 20.6. The summed E-state index contributed by atoms with van der Waals surface area (Å²) in [4.78, 5) is 12.2. The van der Waals surface area contributed by atoms with Crippen LogP contribution in [0.4, 0.5) is 0 Å². The van der Waals surface area contributed by atoms with Crippen molar-refractivity contribution in [3.05, 3.63) is 96.6 Å². The molecule has 0 saturated carbocycles. The highest BCUT2D eigenvalue weighted by Gasteiger charge is 2.14. The molecule has 36 heavy (non-hydrogen) atoms. The number of aryl methyl sites for hydroxylation is 3. The molecule has 3 aromatic carbocycles. The van der Waals surface area contributed by atoms with E-state index in [0.29, 0.717) is 0 Å². The van der Waals surface area contributed by atoms with E-state index in [2.05, 4.69) is 94.9 Å². The maximum absolute atomic E-state index is 4.37. The summed E-state index contributed by atoms with van der Waals surface area (Å²) < 4.78 is 2.35. The number of fused-ring (bicyclic) bond motifs is 6. The molecule has 1 N–H and O–H groups in total. The Labute approximate surface area is 209 Å². The van der Waals surface area contributed by atoms with Crippen LogP contribution in [0.1, 0.15) is 18.1 Å². The van der Waals surface area contributed by atoms with Crippen molar-refractivity contribution in [2.75, 3.05) is 0 Å². The third kappa shape index (κ3) is 3.01. The fourth-order valence-corrected chi connectivity index (χ4v) is 5.80. The number of rotatable bonds is 3. The summed E-state index contributed by atoms with van der Waals surface area (Å²) in [7, 11) is 0. The van der Waals surface area contributed by atoms with Gasteiger partial charge in [0.25, 0.3) is 0 Å². The molecule has 7 rings (SSSR count). The summed E-state index contributed by atoms with van der Waals surface area (Å²) in [5.41, 5.74) is 12.3. The molecule has 174 valence electrons. The summed E-state index contributed by atoms with van der Waals surface area (Å²) in [6, 6.07) is 22.4. The van der Waals surface area contributed by atoms with Gasteiger partial charge in [-0.3, -0.25) is 9.97 Å². The fraction of sp³-hybridized carbons (Fsp3) is 0.125. The first kappa shape index (κ1) is 20.9. The highest BCUT2D eigenvalue weighted by Crippen LogP contribution is 2.37. The van der Waals surface area contributed by atoms with Crippen molar-refractivity contribution in [2.24, 2.45) is 0 Å². The van der Waals surface area contributed by atoms with E-state index in [4.69, 9.17) is 0 Å². The molecule has 0 aliphatic heterocycles. The standard InChI is InChI=1S/C32H26N4/c1-4-36-31-8-6-22(16-27(31)23-9-11-34-18-32(23)36)25-14-19(2)24(13-20(25)3)21-5-7-29-26(15-21)28-17-33-12-10-30(28)35-29/h5-18,35H,4H2,1-3H3. The van der Waals surface area contributed by atoms with Crippen molar-refractivity contribution in [1.29, 1.82) is 0 Å². The Bertz CT molecular complexity index is 1950. The van der Waals surface area contributed by atoms with Crippen LogP contribution >= 0.6 is 0 Å². The van der Waals surface area contributed by atoms with E-state index in [1.54, 1.807) is 0 Å². The van der Waals surface area contributed by atoms with Crippen LogP contribution in [0.5, 0.6) is 0 Å². The first-order valence-electron chi connectivity index (χ1n) is 12.5. The predicted octanol–water partition coefficient (Wildman–Crippen LogP) is 8.19. The van der Waals surface area contributed by atoms with Crippen LogP contribution in [0.3, 0.4) is 0 Å². The van der Waals surface area contributed by atoms with Gasteiger partial charge in [0.15, 0.2) is 0 Å². The van der Waals surface area contributed by atoms with Crippen molar-refractivity contribution >= 4 is 43.6 Å². The Hall–Kier alpha value is -4.44. The lowest BCUT2D eigenvalue weighted by atomic mass is 9.91. The first-order valence-corrected chi connectivity index (χ1v) is 12.5. The van der Waals surface area contributed by atoms with Gasteiger partial charge < -0.3 is 9.55 Å². The van der Waals surface area contributed by atoms with Gasteiger partial charge in [-0.05, 0) is 90.6 Å². The van der Waals surface area contributed by atoms with Crippen LogP contribution < -0.4 is 0 Å². The van der Waals surface area contributed by atoms with Gasteiger partial charge in [-0.15, -0.1) is 0 Å². The van der Waals surface area contributed by atoms with E-state index in [9.17, 15) is 0 Å². The number of hydrogen-bond donors (Lipinski definition) is 1. The van der Waals surface area contributed by atoms with Gasteiger partial charge in [-0.2, -0.15) is 0 Å². The second kappa shape index (κ2) is 7.79. The van der Waals surface area contributed by atoms with Gasteiger partial charge in [-0.1, -0.05) is 24.3 Å². The van der Waals surface area contributed by atoms with Gasteiger partial charge in [0, 0.05) is 63.2 Å². The van der Waals surface area contributed by atoms with Crippen molar-refractivity contribution in [3.8, 4) is 22.3 Å². The van der Waals surface area contributed by atoms with Gasteiger partial charge in [0.2, 0.25) is 0 Å². The Kier molecular flexibility index (Phi) is 4.52. The van der Waals surface area contributed by atoms with E-state index in [0.717, 1.165) is 23.0 Å². The molecule has 0 aliphatic rings. The number of aromatic nitrogens is 4. The van der Waals surface area contributed by atoms with E-state index in [1.165, 1.54) is 60.6 Å². The third-order valence-corrected chi connectivity index (χ3v) is 7.58. The molecule has 4 heteroatoms. The molecule has 7 aromatic rings. The molecule has 4 heterocycles. The number of aromatic amines is 1. The number of hydrogen-bond acceptors (Lipinski definition) is 2. The van der Waals surface area contributed by atoms with Crippen molar-refractivity contribution in [3.63, 3.8) is 0 Å². The van der Waals surface area contributed by atoms with Gasteiger partial charge in [0.1, 0.15) is 0 Å². The Morgan fingerprint density at radius 1 is 0.639 bits per heavy atom. The molecule has 4 aromatic heterocycles. The average Bonchev–Trinajstić information content (AvgIpc) is 3.44. The van der Waals surface area contributed by atoms with Crippen LogP contribution in [0.25, 0.3) is 65.9 Å². The van der Waals surface area contributed by atoms with Crippen molar-refractivity contribution < 1.29 is 0 Å². The topological polar surface area (TPSA) is 46.5 Å². The molecular weight excluding hydrogens is 440 g/mol. The van der Waals surface area contributed by atoms with Gasteiger partial charge in [0.05, 0.1) is 11.7 Å². The molecule has 0 fully saturated rings. The SMILES string of the molecule is CCn1c2ccc(-c3cc(C)c(-c4ccc5[nH]c6ccncc6c5c4)cc3C)cc2c2ccncc21. The fourth-order valence-electron chi connectivity index (χ4n) is 5.80. The minimum absolute atomic E-state index is 0.925. The molecule has 0 atom stereocenters. The molecule has 0 unspecified atom stereocenters. The second-order valence-electron chi connectivity index (χ2n) is 9.66. The number of pyridine rings is 2. The van der Waals surface area contributed by atoms with Crippen molar-refractivity contribution in [1.82, 2.24) is 19.5 Å². The molecular formula is C32H26N4. The number of H-pyrrole nitrogens is 1. The quantitative estimate of drug-likeness (QED) is 0.285. The minimum Gasteiger partial charge on any atom is -0.354 e. The first-order chi connectivity index (χ1) is 17.6. The maximum Gasteiger partial charge on any atom is 0.0677 e. The average molecular weight is 467 g/mol. The summed E-state index contributed by atoms with van der Waals surface area (Å²) in [5.74, 6) is 0. The summed E-state index contributed by atoms with van der Waals surface area (Å²) >= 11 is 0. The Morgan fingerprint density at radius 2 is 1.31 bits per heavy atom. The molecule has 0 amide bonds. The number of benzene rings is 3. The Balaban J connectivity index is 1.37. The molecule has 0 saturated heterocycles. The predicted molar refractivity (Wildman–Crippen MR) is 150 cm³/mol. The monoisotopic (exact) mass is 466 g/mol. The molecule has 0 spiro atoms. The summed E-state index contributed by atoms with van der Waals surface area (Å²) in [6.07, 6.45) is 7.64. The highest BCUT2D eigenvalue weighted by atomic mass is 15.0. The van der Waals surface area contributed by atoms with Crippen LogP contribution in [0.2, 0.25) is 0 Å². The lowest BCUT2D eigenvalue weighted by Gasteiger charge is -2.14. The molecule has 0 radical (unpaired) electrons. The van der Waals surface area contributed by atoms with Gasteiger partial charge >= 0.3 is 0 Å². The van der Waals surface area contributed by atoms with Crippen LogP contribution in [-0.2, 0) is 6.54 Å². The zero-order valence-electron chi connectivity index (χ0n) is 20.6. The third-order valence-electron chi connectivity index (χ3n) is 7.58. The van der Waals surface area contributed by atoms with E-state index in [-0.39, 0.29) is 0 Å². The molecule has 4 nitrogen and oxygen atoms in total. The van der Waals surface area contributed by atoms with Gasteiger partial charge in [-0.25, -0.2) is 0 Å². The van der Waals surface area contributed by atoms with Crippen molar-refractivity contribution in [2.45, 2.75) is 27.3 Å². The summed E-state index contributed by atoms with van der Waals surface area (Å²) in [5, 5.41) is 4.92. The van der Waals surface area contributed by atoms with Crippen LogP contribution in [0, 0.1) is 13.8 Å². The summed E-state index contributed by atoms with van der Waals surface area (Å²) in [6.45, 7) is 7.55. The zero-order chi connectivity index (χ0) is 24.4. The Morgan fingerprint density at radius 3 is 2.08 bits per heavy atom. The maximum atomic E-state index is 4.37. The lowest BCUT2D eigenvalue weighted by molar-refractivity contribution is 0.825. The smallest absolute Gasteiger partial charge is 0.0677 e. The highest BCUT2D eigenvalue weighted by molar-refractivity contribution is 6.10. The normalized spacial score (nSPS) is 11.9. The second-order valence-corrected chi connectivity index (χ2v) is 9.66. The van der Waals surface area contributed by atoms with E-state index in [1.807, 2.05) is 30.9 Å². The van der Waals surface area contributed by atoms with Crippen LogP contribution in [0.15, 0.2) is 85.5 Å². The lowest BCUT2D eigenvalue weighted by Crippen LogP contribution is -1.93. The molecule has 0 aliphatic carbocycles. The molecule has 0 bridgehead atoms. The van der Waals surface area contributed by atoms with Crippen LogP contribution in [-0.4, -0.2) is 19.5 Å². The number of nitrogens with one attached hydrogen (secondary N) is 1. The van der Waals surface area contributed by atoms with E-state index < -0.39 is 0 Å².